The third kappa shape index (κ3) is 10.9. The van der Waals surface area contributed by atoms with E-state index in [0.717, 1.165) is 49.9 Å². The first-order valence-electron chi connectivity index (χ1n) is 10.1. The van der Waals surface area contributed by atoms with Crippen molar-refractivity contribution in [3.05, 3.63) is 36.9 Å². The quantitative estimate of drug-likeness (QED) is 0.237. The van der Waals surface area contributed by atoms with Crippen LogP contribution in [-0.4, -0.2) is 13.2 Å². The van der Waals surface area contributed by atoms with Gasteiger partial charge in [0.1, 0.15) is 0 Å². The minimum atomic E-state index is 0.758. The third-order valence-electron chi connectivity index (χ3n) is 4.64. The summed E-state index contributed by atoms with van der Waals surface area (Å²) in [5.41, 5.74) is 0. The first-order valence-corrected chi connectivity index (χ1v) is 10.1. The average Bonchev–Trinajstić information content (AvgIpc) is 2.64. The maximum atomic E-state index is 5.91. The Hall–Kier alpha value is -1.44. The van der Waals surface area contributed by atoms with E-state index >= 15 is 0 Å². The summed E-state index contributed by atoms with van der Waals surface area (Å²) in [5, 5.41) is 0. The molecule has 1 radical (unpaired) electrons. The molecular weight excluding hydrogens is 308 g/mol. The SMILES string of the molecule is C=CCCCCCCCCOc1c[c]ccc1OCCCC(C)CC. The molecule has 0 aromatic heterocycles. The highest BCUT2D eigenvalue weighted by atomic mass is 16.5. The van der Waals surface area contributed by atoms with Crippen molar-refractivity contribution < 1.29 is 9.47 Å². The molecule has 0 aliphatic rings. The van der Waals surface area contributed by atoms with Crippen LogP contribution in [0.25, 0.3) is 0 Å². The number of hydrogen-bond donors (Lipinski definition) is 0. The van der Waals surface area contributed by atoms with Crippen LogP contribution >= 0.6 is 0 Å². The summed E-state index contributed by atoms with van der Waals surface area (Å²) >= 11 is 0. The van der Waals surface area contributed by atoms with E-state index in [1.807, 2.05) is 24.3 Å². The van der Waals surface area contributed by atoms with E-state index in [9.17, 15) is 0 Å². The summed E-state index contributed by atoms with van der Waals surface area (Å²) < 4.78 is 11.8. The summed E-state index contributed by atoms with van der Waals surface area (Å²) in [6, 6.07) is 8.82. The van der Waals surface area contributed by atoms with Gasteiger partial charge in [-0.05, 0) is 56.2 Å². The largest absolute Gasteiger partial charge is 0.490 e. The van der Waals surface area contributed by atoms with E-state index in [4.69, 9.17) is 9.47 Å². The van der Waals surface area contributed by atoms with Gasteiger partial charge in [-0.2, -0.15) is 0 Å². The van der Waals surface area contributed by atoms with Gasteiger partial charge in [-0.15, -0.1) is 6.58 Å². The Balaban J connectivity index is 2.15. The molecule has 0 bridgehead atoms. The molecule has 0 aliphatic heterocycles. The average molecular weight is 346 g/mol. The van der Waals surface area contributed by atoms with Crippen LogP contribution < -0.4 is 9.47 Å². The second kappa shape index (κ2) is 14.9. The molecule has 0 fully saturated rings. The molecule has 25 heavy (non-hydrogen) atoms. The normalized spacial score (nSPS) is 11.9. The molecule has 0 N–H and O–H groups in total. The van der Waals surface area contributed by atoms with Gasteiger partial charge in [0, 0.05) is 0 Å². The van der Waals surface area contributed by atoms with E-state index in [1.165, 1.54) is 44.9 Å². The lowest BCUT2D eigenvalue weighted by molar-refractivity contribution is 0.254. The Morgan fingerprint density at radius 1 is 1.00 bits per heavy atom. The monoisotopic (exact) mass is 345 g/mol. The Bertz CT molecular complexity index is 441. The molecule has 0 heterocycles. The van der Waals surface area contributed by atoms with Crippen LogP contribution in [0.4, 0.5) is 0 Å². The number of benzene rings is 1. The van der Waals surface area contributed by atoms with Crippen molar-refractivity contribution >= 4 is 0 Å². The minimum absolute atomic E-state index is 0.758. The van der Waals surface area contributed by atoms with Crippen molar-refractivity contribution in [2.45, 2.75) is 78.1 Å². The first kappa shape index (κ1) is 21.6. The molecule has 141 valence electrons. The van der Waals surface area contributed by atoms with Gasteiger partial charge in [-0.1, -0.05) is 58.1 Å². The predicted octanol–water partition coefficient (Wildman–Crippen LogP) is 6.99. The van der Waals surface area contributed by atoms with Crippen LogP contribution in [0, 0.1) is 12.0 Å². The van der Waals surface area contributed by atoms with Gasteiger partial charge < -0.3 is 9.47 Å². The second-order valence-corrected chi connectivity index (χ2v) is 6.92. The Kier molecular flexibility index (Phi) is 12.8. The molecule has 1 unspecified atom stereocenters. The zero-order valence-corrected chi connectivity index (χ0v) is 16.4. The zero-order valence-electron chi connectivity index (χ0n) is 16.4. The van der Waals surface area contributed by atoms with Gasteiger partial charge in [-0.25, -0.2) is 0 Å². The van der Waals surface area contributed by atoms with Crippen LogP contribution in [0.3, 0.4) is 0 Å². The van der Waals surface area contributed by atoms with Gasteiger partial charge in [0.2, 0.25) is 0 Å². The second-order valence-electron chi connectivity index (χ2n) is 6.92. The Morgan fingerprint density at radius 2 is 1.68 bits per heavy atom. The Labute approximate surface area is 155 Å². The van der Waals surface area contributed by atoms with E-state index in [0.29, 0.717) is 0 Å². The maximum Gasteiger partial charge on any atom is 0.161 e. The van der Waals surface area contributed by atoms with Crippen molar-refractivity contribution in [2.24, 2.45) is 5.92 Å². The van der Waals surface area contributed by atoms with Gasteiger partial charge in [0.05, 0.1) is 13.2 Å². The van der Waals surface area contributed by atoms with E-state index < -0.39 is 0 Å². The van der Waals surface area contributed by atoms with E-state index in [-0.39, 0.29) is 0 Å². The molecule has 1 rings (SSSR count). The van der Waals surface area contributed by atoms with Gasteiger partial charge in [-0.3, -0.25) is 0 Å². The third-order valence-corrected chi connectivity index (χ3v) is 4.64. The van der Waals surface area contributed by atoms with Crippen molar-refractivity contribution in [1.82, 2.24) is 0 Å². The highest BCUT2D eigenvalue weighted by Gasteiger charge is 2.05. The standard InChI is InChI=1S/C23H37O2/c1-4-6-7-8-9-10-11-14-19-24-22-17-12-13-18-23(22)25-20-15-16-21(3)5-2/h4,13,17-18,21H,1,5-11,14-16,19-20H2,2-3H3. The van der Waals surface area contributed by atoms with Gasteiger partial charge in [0.25, 0.3) is 0 Å². The van der Waals surface area contributed by atoms with Crippen molar-refractivity contribution in [3.63, 3.8) is 0 Å². The molecule has 0 saturated carbocycles. The smallest absolute Gasteiger partial charge is 0.161 e. The minimum Gasteiger partial charge on any atom is -0.490 e. The molecule has 2 heteroatoms. The summed E-state index contributed by atoms with van der Waals surface area (Å²) in [6.07, 6.45) is 14.2. The lowest BCUT2D eigenvalue weighted by Crippen LogP contribution is -2.04. The number of hydrogen-bond acceptors (Lipinski definition) is 2. The topological polar surface area (TPSA) is 18.5 Å². The molecule has 0 spiro atoms. The molecule has 0 amide bonds. The van der Waals surface area contributed by atoms with Crippen LogP contribution in [0.1, 0.15) is 78.1 Å². The molecule has 2 nitrogen and oxygen atoms in total. The first-order chi connectivity index (χ1) is 12.3. The molecule has 1 atom stereocenters. The van der Waals surface area contributed by atoms with Gasteiger partial charge in [0.15, 0.2) is 11.5 Å². The van der Waals surface area contributed by atoms with Crippen molar-refractivity contribution in [3.8, 4) is 11.5 Å². The fourth-order valence-corrected chi connectivity index (χ4v) is 2.73. The van der Waals surface area contributed by atoms with Crippen molar-refractivity contribution in [2.75, 3.05) is 13.2 Å². The van der Waals surface area contributed by atoms with Crippen LogP contribution in [-0.2, 0) is 0 Å². The van der Waals surface area contributed by atoms with Crippen molar-refractivity contribution in [1.29, 1.82) is 0 Å². The van der Waals surface area contributed by atoms with Crippen LogP contribution in [0.5, 0.6) is 11.5 Å². The van der Waals surface area contributed by atoms with Crippen LogP contribution in [0.2, 0.25) is 0 Å². The van der Waals surface area contributed by atoms with Gasteiger partial charge >= 0.3 is 0 Å². The molecule has 1 aromatic carbocycles. The highest BCUT2D eigenvalue weighted by molar-refractivity contribution is 5.38. The summed E-state index contributed by atoms with van der Waals surface area (Å²) in [7, 11) is 0. The Morgan fingerprint density at radius 3 is 2.44 bits per heavy atom. The molecule has 1 aromatic rings. The predicted molar refractivity (Wildman–Crippen MR) is 107 cm³/mol. The van der Waals surface area contributed by atoms with E-state index in [1.54, 1.807) is 0 Å². The summed E-state index contributed by atoms with van der Waals surface area (Å²) in [6.45, 7) is 9.82. The number of unbranched alkanes of at least 4 members (excludes halogenated alkanes) is 6. The number of allylic oxidation sites excluding steroid dienone is 1. The summed E-state index contributed by atoms with van der Waals surface area (Å²) in [5.74, 6) is 2.46. The molecular formula is C23H37O2. The zero-order chi connectivity index (χ0) is 18.2. The lowest BCUT2D eigenvalue weighted by atomic mass is 10.0. The number of rotatable bonds is 16. The fraction of sp³-hybridized carbons (Fsp3) is 0.652. The fourth-order valence-electron chi connectivity index (χ4n) is 2.73. The van der Waals surface area contributed by atoms with E-state index in [2.05, 4.69) is 26.5 Å². The molecule has 0 aliphatic carbocycles. The van der Waals surface area contributed by atoms with Crippen LogP contribution in [0.15, 0.2) is 30.9 Å². The maximum absolute atomic E-state index is 5.91. The lowest BCUT2D eigenvalue weighted by Gasteiger charge is -2.13. The molecule has 0 saturated heterocycles. The number of ether oxygens (including phenoxy) is 2. The highest BCUT2D eigenvalue weighted by Crippen LogP contribution is 2.27. The summed E-state index contributed by atoms with van der Waals surface area (Å²) in [4.78, 5) is 0.